The summed E-state index contributed by atoms with van der Waals surface area (Å²) in [5, 5.41) is 0. The Bertz CT molecular complexity index is 677. The highest BCUT2D eigenvalue weighted by molar-refractivity contribution is 8.00. The van der Waals surface area contributed by atoms with Gasteiger partial charge in [0.25, 0.3) is 0 Å². The molecule has 0 radical (unpaired) electrons. The number of nitrogens with zero attached hydrogens (tertiary/aromatic N) is 2. The van der Waals surface area contributed by atoms with Gasteiger partial charge in [-0.15, -0.1) is 11.8 Å². The normalized spacial score (nSPS) is 29.2. The third-order valence-corrected chi connectivity index (χ3v) is 7.21. The van der Waals surface area contributed by atoms with Crippen molar-refractivity contribution < 1.29 is 9.59 Å². The zero-order valence-corrected chi connectivity index (χ0v) is 15.6. The Balaban J connectivity index is 1.53. The molecule has 2 aliphatic heterocycles. The molecule has 0 bridgehead atoms. The summed E-state index contributed by atoms with van der Waals surface area (Å²) in [6.07, 6.45) is 5.98. The van der Waals surface area contributed by atoms with Crippen LogP contribution in [0.25, 0.3) is 0 Å². The molecular formula is C20H26N2O2S. The summed E-state index contributed by atoms with van der Waals surface area (Å²) in [5.74, 6) is 1.95. The average molecular weight is 359 g/mol. The fraction of sp³-hybridized carbons (Fsp3) is 0.600. The number of amides is 2. The zero-order chi connectivity index (χ0) is 17.4. The molecule has 1 aliphatic carbocycles. The lowest BCUT2D eigenvalue weighted by atomic mass is 9.72. The molecule has 1 aromatic rings. The Morgan fingerprint density at radius 3 is 2.88 bits per heavy atom. The van der Waals surface area contributed by atoms with E-state index in [1.165, 1.54) is 19.3 Å². The molecule has 4 nitrogen and oxygen atoms in total. The van der Waals surface area contributed by atoms with Crippen molar-refractivity contribution in [2.24, 2.45) is 11.8 Å². The molecule has 3 aliphatic rings. The quantitative estimate of drug-likeness (QED) is 0.812. The summed E-state index contributed by atoms with van der Waals surface area (Å²) >= 11 is 1.57. The van der Waals surface area contributed by atoms with Gasteiger partial charge in [-0.2, -0.15) is 0 Å². The average Bonchev–Trinajstić information content (AvgIpc) is 2.64. The van der Waals surface area contributed by atoms with Crippen LogP contribution in [0.3, 0.4) is 0 Å². The van der Waals surface area contributed by atoms with Crippen molar-refractivity contribution in [3.63, 3.8) is 0 Å². The van der Waals surface area contributed by atoms with Gasteiger partial charge in [-0.1, -0.05) is 31.9 Å². The molecule has 5 heteroatoms. The molecule has 0 N–H and O–H groups in total. The van der Waals surface area contributed by atoms with E-state index in [9.17, 15) is 9.59 Å². The third kappa shape index (κ3) is 3.19. The van der Waals surface area contributed by atoms with Gasteiger partial charge in [-0.05, 0) is 43.2 Å². The lowest BCUT2D eigenvalue weighted by molar-refractivity contribution is -0.138. The van der Waals surface area contributed by atoms with Crippen molar-refractivity contribution in [2.45, 2.75) is 50.0 Å². The van der Waals surface area contributed by atoms with Crippen molar-refractivity contribution >= 4 is 29.3 Å². The topological polar surface area (TPSA) is 40.6 Å². The van der Waals surface area contributed by atoms with E-state index in [4.69, 9.17) is 0 Å². The summed E-state index contributed by atoms with van der Waals surface area (Å²) in [6.45, 7) is 3.38. The Morgan fingerprint density at radius 1 is 1.20 bits per heavy atom. The van der Waals surface area contributed by atoms with Gasteiger partial charge in [-0.25, -0.2) is 0 Å². The molecule has 1 saturated carbocycles. The fourth-order valence-corrected chi connectivity index (χ4v) is 5.71. The number of carbonyl (C=O) groups is 2. The molecule has 2 heterocycles. The number of rotatable bonds is 2. The van der Waals surface area contributed by atoms with Crippen molar-refractivity contribution in [1.82, 2.24) is 4.90 Å². The Kier molecular flexibility index (Phi) is 4.76. The zero-order valence-electron chi connectivity index (χ0n) is 14.8. The second-order valence-electron chi connectivity index (χ2n) is 7.61. The molecule has 3 atom stereocenters. The van der Waals surface area contributed by atoms with E-state index in [1.807, 2.05) is 24.3 Å². The molecule has 0 spiro atoms. The lowest BCUT2D eigenvalue weighted by Crippen LogP contribution is -2.55. The smallest absolute Gasteiger partial charge is 0.242 e. The molecule has 2 fully saturated rings. The van der Waals surface area contributed by atoms with Crippen molar-refractivity contribution in [2.75, 3.05) is 23.7 Å². The predicted octanol–water partition coefficient (Wildman–Crippen LogP) is 3.55. The molecule has 3 unspecified atom stereocenters. The summed E-state index contributed by atoms with van der Waals surface area (Å²) in [4.78, 5) is 30.4. The number of benzene rings is 1. The summed E-state index contributed by atoms with van der Waals surface area (Å²) in [5.41, 5.74) is 0.891. The van der Waals surface area contributed by atoms with E-state index in [-0.39, 0.29) is 18.4 Å². The van der Waals surface area contributed by atoms with Crippen molar-refractivity contribution in [3.05, 3.63) is 24.3 Å². The second kappa shape index (κ2) is 7.02. The molecule has 1 saturated heterocycles. The van der Waals surface area contributed by atoms with Gasteiger partial charge >= 0.3 is 0 Å². The minimum absolute atomic E-state index is 0.0441. The minimum atomic E-state index is 0.0441. The first-order chi connectivity index (χ1) is 12.1. The van der Waals surface area contributed by atoms with Crippen LogP contribution in [0, 0.1) is 11.8 Å². The molecule has 1 aromatic carbocycles. The highest BCUT2D eigenvalue weighted by Gasteiger charge is 2.40. The van der Waals surface area contributed by atoms with Gasteiger partial charge in [0.2, 0.25) is 11.8 Å². The van der Waals surface area contributed by atoms with Gasteiger partial charge in [0.1, 0.15) is 6.54 Å². The van der Waals surface area contributed by atoms with Crippen LogP contribution in [0.4, 0.5) is 5.69 Å². The maximum atomic E-state index is 13.1. The van der Waals surface area contributed by atoms with Gasteiger partial charge in [0, 0.05) is 17.5 Å². The van der Waals surface area contributed by atoms with Gasteiger partial charge in [-0.3, -0.25) is 9.59 Å². The van der Waals surface area contributed by atoms with E-state index in [1.54, 1.807) is 16.7 Å². The van der Waals surface area contributed by atoms with E-state index < -0.39 is 0 Å². The van der Waals surface area contributed by atoms with Gasteiger partial charge in [0.15, 0.2) is 0 Å². The predicted molar refractivity (Wildman–Crippen MR) is 101 cm³/mol. The molecular weight excluding hydrogens is 332 g/mol. The maximum Gasteiger partial charge on any atom is 0.242 e. The van der Waals surface area contributed by atoms with E-state index >= 15 is 0 Å². The molecule has 134 valence electrons. The van der Waals surface area contributed by atoms with Crippen LogP contribution in [0.5, 0.6) is 0 Å². The standard InChI is InChI=1S/C20H26N2O2S/c1-14-10-11-21(16-7-3-2-6-15(14)16)19(23)12-22-17-8-4-5-9-18(17)25-13-20(22)24/h4-5,8-9,14-16H,2-3,6-7,10-13H2,1H3. The highest BCUT2D eigenvalue weighted by atomic mass is 32.2. The summed E-state index contributed by atoms with van der Waals surface area (Å²) in [7, 11) is 0. The number of hydrogen-bond donors (Lipinski definition) is 0. The molecule has 4 rings (SSSR count). The number of piperidine rings is 1. The van der Waals surface area contributed by atoms with Crippen LogP contribution in [-0.2, 0) is 9.59 Å². The van der Waals surface area contributed by atoms with Crippen LogP contribution >= 0.6 is 11.8 Å². The maximum absolute atomic E-state index is 13.1. The van der Waals surface area contributed by atoms with Crippen LogP contribution < -0.4 is 4.90 Å². The number of para-hydroxylation sites is 1. The molecule has 2 amide bonds. The first kappa shape index (κ1) is 17.0. The van der Waals surface area contributed by atoms with E-state index in [0.29, 0.717) is 23.6 Å². The molecule has 25 heavy (non-hydrogen) atoms. The number of carbonyl (C=O) groups excluding carboxylic acids is 2. The minimum Gasteiger partial charge on any atom is -0.338 e. The van der Waals surface area contributed by atoms with Crippen LogP contribution in [0.15, 0.2) is 29.2 Å². The van der Waals surface area contributed by atoms with Crippen molar-refractivity contribution in [1.29, 1.82) is 0 Å². The second-order valence-corrected chi connectivity index (χ2v) is 8.62. The number of likely N-dealkylation sites (tertiary alicyclic amines) is 1. The SMILES string of the molecule is CC1CCN(C(=O)CN2C(=O)CSc3ccccc32)C2CCCCC12. The molecule has 0 aromatic heterocycles. The fourth-order valence-electron chi connectivity index (χ4n) is 4.78. The summed E-state index contributed by atoms with van der Waals surface area (Å²) in [6, 6.07) is 8.29. The van der Waals surface area contributed by atoms with E-state index in [0.717, 1.165) is 30.0 Å². The van der Waals surface area contributed by atoms with Crippen LogP contribution in [-0.4, -0.2) is 41.6 Å². The Hall–Kier alpha value is -1.49. The van der Waals surface area contributed by atoms with E-state index in [2.05, 4.69) is 11.8 Å². The summed E-state index contributed by atoms with van der Waals surface area (Å²) < 4.78 is 0. The largest absolute Gasteiger partial charge is 0.338 e. The van der Waals surface area contributed by atoms with Crippen molar-refractivity contribution in [3.8, 4) is 0 Å². The Morgan fingerprint density at radius 2 is 2.00 bits per heavy atom. The van der Waals surface area contributed by atoms with Crippen LogP contribution in [0.1, 0.15) is 39.0 Å². The van der Waals surface area contributed by atoms with Crippen LogP contribution in [0.2, 0.25) is 0 Å². The number of fused-ring (bicyclic) bond motifs is 2. The highest BCUT2D eigenvalue weighted by Crippen LogP contribution is 2.39. The third-order valence-electron chi connectivity index (χ3n) is 6.16. The number of anilines is 1. The van der Waals surface area contributed by atoms with Gasteiger partial charge in [0.05, 0.1) is 11.4 Å². The Labute approximate surface area is 153 Å². The number of thioether (sulfide) groups is 1. The first-order valence-electron chi connectivity index (χ1n) is 9.47. The lowest BCUT2D eigenvalue weighted by Gasteiger charge is -2.47. The number of hydrogen-bond acceptors (Lipinski definition) is 3. The first-order valence-corrected chi connectivity index (χ1v) is 10.5. The monoisotopic (exact) mass is 358 g/mol. The van der Waals surface area contributed by atoms with Gasteiger partial charge < -0.3 is 9.80 Å².